The minimum Gasteiger partial charge on any atom is -0.336 e. The van der Waals surface area contributed by atoms with Crippen molar-refractivity contribution in [3.8, 4) is 0 Å². The minimum absolute atomic E-state index is 0.112. The van der Waals surface area contributed by atoms with Gasteiger partial charge < -0.3 is 4.90 Å². The number of aromatic nitrogens is 2. The second-order valence-corrected chi connectivity index (χ2v) is 6.99. The third kappa shape index (κ3) is 3.88. The highest BCUT2D eigenvalue weighted by Crippen LogP contribution is 2.18. The summed E-state index contributed by atoms with van der Waals surface area (Å²) in [4.78, 5) is 17.2. The van der Waals surface area contributed by atoms with E-state index in [-0.39, 0.29) is 5.91 Å². The first-order valence-corrected chi connectivity index (χ1v) is 9.17. The van der Waals surface area contributed by atoms with Gasteiger partial charge in [0.15, 0.2) is 0 Å². The average molecular weight is 361 g/mol. The molecule has 1 aliphatic heterocycles. The van der Waals surface area contributed by atoms with Crippen LogP contribution in [0.15, 0.2) is 24.3 Å². The van der Waals surface area contributed by atoms with Crippen LogP contribution in [0.4, 0.5) is 0 Å². The van der Waals surface area contributed by atoms with Crippen molar-refractivity contribution in [2.24, 2.45) is 0 Å². The van der Waals surface area contributed by atoms with E-state index in [9.17, 15) is 4.79 Å². The van der Waals surface area contributed by atoms with Crippen LogP contribution in [-0.2, 0) is 13.1 Å². The molecule has 0 radical (unpaired) electrons. The zero-order chi connectivity index (χ0) is 18.0. The van der Waals surface area contributed by atoms with E-state index in [2.05, 4.69) is 22.1 Å². The monoisotopic (exact) mass is 360 g/mol. The molecule has 0 bridgehead atoms. The third-order valence-electron chi connectivity index (χ3n) is 4.87. The summed E-state index contributed by atoms with van der Waals surface area (Å²) in [7, 11) is 0. The molecule has 2 aromatic rings. The molecule has 5 nitrogen and oxygen atoms in total. The molecule has 1 saturated heterocycles. The molecule has 1 amide bonds. The first kappa shape index (κ1) is 18.0. The van der Waals surface area contributed by atoms with Crippen molar-refractivity contribution < 1.29 is 4.79 Å². The third-order valence-corrected chi connectivity index (χ3v) is 5.13. The highest BCUT2D eigenvalue weighted by atomic mass is 35.5. The van der Waals surface area contributed by atoms with Gasteiger partial charge >= 0.3 is 0 Å². The van der Waals surface area contributed by atoms with Crippen LogP contribution in [0.3, 0.4) is 0 Å². The van der Waals surface area contributed by atoms with Crippen LogP contribution < -0.4 is 0 Å². The number of aryl methyl sites for hydroxylation is 2. The lowest BCUT2D eigenvalue weighted by Gasteiger charge is -2.34. The predicted molar refractivity (Wildman–Crippen MR) is 100 cm³/mol. The van der Waals surface area contributed by atoms with E-state index in [4.69, 9.17) is 11.6 Å². The van der Waals surface area contributed by atoms with Crippen LogP contribution in [-0.4, -0.2) is 51.7 Å². The SMILES string of the molecule is CCn1nc(C)c(C(=O)N2CCN(Cc3ccc(Cl)cc3)CC2)c1C. The molecule has 0 aliphatic carbocycles. The van der Waals surface area contributed by atoms with Gasteiger partial charge in [-0.2, -0.15) is 5.10 Å². The molecule has 134 valence electrons. The molecule has 2 heterocycles. The Morgan fingerprint density at radius 3 is 2.32 bits per heavy atom. The van der Waals surface area contributed by atoms with E-state index < -0.39 is 0 Å². The fraction of sp³-hybridized carbons (Fsp3) is 0.474. The molecule has 0 N–H and O–H groups in total. The predicted octanol–water partition coefficient (Wildman–Crippen LogP) is 3.13. The van der Waals surface area contributed by atoms with Crippen molar-refractivity contribution in [1.82, 2.24) is 19.6 Å². The van der Waals surface area contributed by atoms with E-state index in [1.807, 2.05) is 42.5 Å². The Hall–Kier alpha value is -1.85. The Bertz CT molecular complexity index is 746. The molecule has 1 aromatic carbocycles. The normalized spacial score (nSPS) is 15.6. The Balaban J connectivity index is 1.61. The topological polar surface area (TPSA) is 41.4 Å². The fourth-order valence-electron chi connectivity index (χ4n) is 3.43. The Kier molecular flexibility index (Phi) is 5.45. The Morgan fingerprint density at radius 2 is 1.76 bits per heavy atom. The van der Waals surface area contributed by atoms with Gasteiger partial charge in [-0.15, -0.1) is 0 Å². The first-order valence-electron chi connectivity index (χ1n) is 8.79. The lowest BCUT2D eigenvalue weighted by atomic mass is 10.1. The van der Waals surface area contributed by atoms with E-state index >= 15 is 0 Å². The molecule has 3 rings (SSSR count). The summed E-state index contributed by atoms with van der Waals surface area (Å²) in [5.41, 5.74) is 3.81. The second-order valence-electron chi connectivity index (χ2n) is 6.56. The zero-order valence-corrected chi connectivity index (χ0v) is 15.9. The van der Waals surface area contributed by atoms with Crippen molar-refractivity contribution in [3.63, 3.8) is 0 Å². The summed E-state index contributed by atoms with van der Waals surface area (Å²) in [5.74, 6) is 0.112. The van der Waals surface area contributed by atoms with Crippen molar-refractivity contribution in [2.45, 2.75) is 33.9 Å². The molecule has 0 saturated carbocycles. The van der Waals surface area contributed by atoms with E-state index in [0.717, 1.165) is 61.2 Å². The molecule has 1 fully saturated rings. The number of halogens is 1. The molecular weight excluding hydrogens is 336 g/mol. The first-order chi connectivity index (χ1) is 12.0. The maximum Gasteiger partial charge on any atom is 0.257 e. The smallest absolute Gasteiger partial charge is 0.257 e. The van der Waals surface area contributed by atoms with E-state index in [0.29, 0.717) is 0 Å². The van der Waals surface area contributed by atoms with Crippen LogP contribution in [0, 0.1) is 13.8 Å². The van der Waals surface area contributed by atoms with Crippen LogP contribution >= 0.6 is 11.6 Å². The molecule has 25 heavy (non-hydrogen) atoms. The van der Waals surface area contributed by atoms with Gasteiger partial charge in [0.25, 0.3) is 5.91 Å². The van der Waals surface area contributed by atoms with Gasteiger partial charge in [0, 0.05) is 50.0 Å². The van der Waals surface area contributed by atoms with Gasteiger partial charge in [-0.3, -0.25) is 14.4 Å². The van der Waals surface area contributed by atoms with Gasteiger partial charge in [0.1, 0.15) is 0 Å². The number of carbonyl (C=O) groups excluding carboxylic acids is 1. The number of amides is 1. The molecule has 0 atom stereocenters. The molecule has 0 spiro atoms. The zero-order valence-electron chi connectivity index (χ0n) is 15.1. The summed E-state index contributed by atoms with van der Waals surface area (Å²) in [5, 5.41) is 5.23. The van der Waals surface area contributed by atoms with E-state index in [1.54, 1.807) is 0 Å². The van der Waals surface area contributed by atoms with Crippen LogP contribution in [0.1, 0.15) is 34.2 Å². The Morgan fingerprint density at radius 1 is 1.12 bits per heavy atom. The molecule has 6 heteroatoms. The minimum atomic E-state index is 0.112. The van der Waals surface area contributed by atoms with Crippen LogP contribution in [0.5, 0.6) is 0 Å². The van der Waals surface area contributed by atoms with E-state index in [1.165, 1.54) is 5.56 Å². The van der Waals surface area contributed by atoms with Crippen molar-refractivity contribution in [3.05, 3.63) is 51.8 Å². The maximum absolute atomic E-state index is 12.9. The van der Waals surface area contributed by atoms with Crippen LogP contribution in [0.25, 0.3) is 0 Å². The summed E-state index contributed by atoms with van der Waals surface area (Å²) in [6, 6.07) is 7.97. The number of benzene rings is 1. The standard InChI is InChI=1S/C19H25ClN4O/c1-4-24-15(3)18(14(2)21-24)19(25)23-11-9-22(10-12-23)13-16-5-7-17(20)8-6-16/h5-8H,4,9-13H2,1-3H3. The lowest BCUT2D eigenvalue weighted by molar-refractivity contribution is 0.0627. The summed E-state index contributed by atoms with van der Waals surface area (Å²) < 4.78 is 1.90. The summed E-state index contributed by atoms with van der Waals surface area (Å²) >= 11 is 5.94. The quantitative estimate of drug-likeness (QED) is 0.841. The number of carbonyl (C=O) groups is 1. The van der Waals surface area contributed by atoms with Crippen molar-refractivity contribution >= 4 is 17.5 Å². The second kappa shape index (κ2) is 7.58. The molecular formula is C19H25ClN4O. The fourth-order valence-corrected chi connectivity index (χ4v) is 3.56. The van der Waals surface area contributed by atoms with Gasteiger partial charge in [-0.1, -0.05) is 23.7 Å². The number of rotatable bonds is 4. The van der Waals surface area contributed by atoms with Crippen molar-refractivity contribution in [2.75, 3.05) is 26.2 Å². The van der Waals surface area contributed by atoms with Gasteiger partial charge in [-0.05, 0) is 38.5 Å². The maximum atomic E-state index is 12.9. The average Bonchev–Trinajstić information content (AvgIpc) is 2.91. The van der Waals surface area contributed by atoms with Crippen LogP contribution in [0.2, 0.25) is 5.02 Å². The Labute approximate surface area is 154 Å². The highest BCUT2D eigenvalue weighted by molar-refractivity contribution is 6.30. The van der Waals surface area contributed by atoms with Gasteiger partial charge in [-0.25, -0.2) is 0 Å². The lowest BCUT2D eigenvalue weighted by Crippen LogP contribution is -2.48. The van der Waals surface area contributed by atoms with Crippen molar-refractivity contribution in [1.29, 1.82) is 0 Å². The largest absolute Gasteiger partial charge is 0.336 e. The number of nitrogens with zero attached hydrogens (tertiary/aromatic N) is 4. The summed E-state index contributed by atoms with van der Waals surface area (Å²) in [6.07, 6.45) is 0. The molecule has 0 unspecified atom stereocenters. The van der Waals surface area contributed by atoms with Gasteiger partial charge in [0.2, 0.25) is 0 Å². The highest BCUT2D eigenvalue weighted by Gasteiger charge is 2.26. The van der Waals surface area contributed by atoms with Gasteiger partial charge in [0.05, 0.1) is 11.3 Å². The molecule has 1 aromatic heterocycles. The number of piperazine rings is 1. The summed E-state index contributed by atoms with van der Waals surface area (Å²) in [6.45, 7) is 10.9. The number of hydrogen-bond acceptors (Lipinski definition) is 3. The molecule has 1 aliphatic rings. The number of hydrogen-bond donors (Lipinski definition) is 0.